The highest BCUT2D eigenvalue weighted by molar-refractivity contribution is 5.79. The van der Waals surface area contributed by atoms with Crippen LogP contribution in [-0.2, 0) is 11.2 Å². The zero-order valence-electron chi connectivity index (χ0n) is 16.5. The van der Waals surface area contributed by atoms with Crippen molar-refractivity contribution in [1.29, 1.82) is 0 Å². The van der Waals surface area contributed by atoms with E-state index in [1.165, 1.54) is 0 Å². The van der Waals surface area contributed by atoms with Crippen LogP contribution in [0.15, 0.2) is 54.9 Å². The first-order valence-corrected chi connectivity index (χ1v) is 9.85. The Morgan fingerprint density at radius 2 is 2.10 bits per heavy atom. The van der Waals surface area contributed by atoms with E-state index in [4.69, 9.17) is 4.74 Å². The third-order valence-corrected chi connectivity index (χ3v) is 5.21. The van der Waals surface area contributed by atoms with Crippen LogP contribution < -0.4 is 15.0 Å². The fourth-order valence-electron chi connectivity index (χ4n) is 3.76. The van der Waals surface area contributed by atoms with Gasteiger partial charge in [-0.2, -0.15) is 5.10 Å². The van der Waals surface area contributed by atoms with Crippen LogP contribution in [0.25, 0.3) is 11.3 Å². The Kier molecular flexibility index (Phi) is 5.74. The largest absolute Gasteiger partial charge is 0.496 e. The first-order chi connectivity index (χ1) is 14.2. The zero-order chi connectivity index (χ0) is 20.1. The Labute approximate surface area is 170 Å². The fraction of sp³-hybridized carbons (Fsp3) is 0.318. The van der Waals surface area contributed by atoms with Crippen LogP contribution in [0.2, 0.25) is 0 Å². The van der Waals surface area contributed by atoms with Crippen molar-refractivity contribution in [3.8, 4) is 17.0 Å². The Hall–Kier alpha value is -3.35. The van der Waals surface area contributed by atoms with Crippen LogP contribution in [0.1, 0.15) is 18.4 Å². The van der Waals surface area contributed by atoms with Gasteiger partial charge in [-0.25, -0.2) is 0 Å². The predicted molar refractivity (Wildman–Crippen MR) is 112 cm³/mol. The monoisotopic (exact) mass is 391 g/mol. The van der Waals surface area contributed by atoms with Crippen molar-refractivity contribution in [2.75, 3.05) is 25.1 Å². The molecule has 1 saturated heterocycles. The number of nitrogens with zero attached hydrogens (tertiary/aromatic N) is 3. The minimum atomic E-state index is 0.0147. The van der Waals surface area contributed by atoms with Crippen molar-refractivity contribution >= 4 is 11.7 Å². The molecule has 29 heavy (non-hydrogen) atoms. The number of piperidine rings is 1. The summed E-state index contributed by atoms with van der Waals surface area (Å²) >= 11 is 0. The van der Waals surface area contributed by atoms with Crippen LogP contribution in [-0.4, -0.2) is 47.3 Å². The van der Waals surface area contributed by atoms with Crippen molar-refractivity contribution in [2.45, 2.75) is 25.3 Å². The molecule has 1 amide bonds. The number of carbonyl (C=O) groups excluding carboxylic acids is 1. The lowest BCUT2D eigenvalue weighted by atomic mass is 10.0. The van der Waals surface area contributed by atoms with Gasteiger partial charge in [-0.15, -0.1) is 0 Å². The molecule has 0 saturated carbocycles. The van der Waals surface area contributed by atoms with Gasteiger partial charge in [0.25, 0.3) is 0 Å². The van der Waals surface area contributed by atoms with Gasteiger partial charge in [0.15, 0.2) is 5.82 Å². The van der Waals surface area contributed by atoms with Gasteiger partial charge in [-0.1, -0.05) is 18.2 Å². The van der Waals surface area contributed by atoms with Gasteiger partial charge in [-0.3, -0.25) is 14.9 Å². The highest BCUT2D eigenvalue weighted by Crippen LogP contribution is 2.24. The molecule has 0 bridgehead atoms. The number of para-hydroxylation sites is 1. The van der Waals surface area contributed by atoms with Crippen molar-refractivity contribution in [1.82, 2.24) is 20.5 Å². The Balaban J connectivity index is 1.37. The molecule has 3 heterocycles. The standard InChI is InChI=1S/C22H25N5O2/c1-29-20-7-3-2-5-17(20)13-22(28)24-18-6-4-12-27(15-18)21-14-19(25-26-21)16-8-10-23-11-9-16/h2-3,5,7-11,14,18H,4,6,12-13,15H2,1H3,(H,24,28)(H,25,26)/t18-/m0/s1. The topological polar surface area (TPSA) is 83.1 Å². The van der Waals surface area contributed by atoms with Gasteiger partial charge in [0.05, 0.1) is 19.2 Å². The van der Waals surface area contributed by atoms with E-state index in [0.29, 0.717) is 6.42 Å². The molecule has 1 aliphatic rings. The minimum absolute atomic E-state index is 0.0147. The number of benzene rings is 1. The Morgan fingerprint density at radius 3 is 2.93 bits per heavy atom. The number of ether oxygens (including phenoxy) is 1. The molecule has 0 aliphatic carbocycles. The summed E-state index contributed by atoms with van der Waals surface area (Å²) in [5, 5.41) is 10.7. The number of anilines is 1. The van der Waals surface area contributed by atoms with Crippen LogP contribution in [0.3, 0.4) is 0 Å². The minimum Gasteiger partial charge on any atom is -0.496 e. The Bertz CT molecular complexity index is 957. The van der Waals surface area contributed by atoms with E-state index in [2.05, 4.69) is 25.4 Å². The van der Waals surface area contributed by atoms with E-state index in [9.17, 15) is 4.79 Å². The van der Waals surface area contributed by atoms with Crippen molar-refractivity contribution in [3.63, 3.8) is 0 Å². The van der Waals surface area contributed by atoms with Crippen LogP contribution in [0.4, 0.5) is 5.82 Å². The first kappa shape index (κ1) is 19.0. The summed E-state index contributed by atoms with van der Waals surface area (Å²) in [6, 6.07) is 13.7. The van der Waals surface area contributed by atoms with Gasteiger partial charge in [-0.05, 0) is 31.0 Å². The van der Waals surface area contributed by atoms with Crippen LogP contribution in [0.5, 0.6) is 5.75 Å². The average Bonchev–Trinajstić information content (AvgIpc) is 3.25. The smallest absolute Gasteiger partial charge is 0.224 e. The normalized spacial score (nSPS) is 16.4. The van der Waals surface area contributed by atoms with Crippen molar-refractivity contribution in [2.24, 2.45) is 0 Å². The molecule has 1 fully saturated rings. The first-order valence-electron chi connectivity index (χ1n) is 9.85. The number of methoxy groups -OCH3 is 1. The number of carbonyl (C=O) groups is 1. The number of pyridine rings is 1. The summed E-state index contributed by atoms with van der Waals surface area (Å²) in [6.45, 7) is 1.68. The molecule has 7 nitrogen and oxygen atoms in total. The molecule has 0 spiro atoms. The molecule has 0 unspecified atom stereocenters. The second-order valence-corrected chi connectivity index (χ2v) is 7.22. The maximum atomic E-state index is 12.6. The quantitative estimate of drug-likeness (QED) is 0.675. The molecule has 1 aromatic carbocycles. The highest BCUT2D eigenvalue weighted by Gasteiger charge is 2.23. The van der Waals surface area contributed by atoms with Crippen LogP contribution >= 0.6 is 0 Å². The van der Waals surface area contributed by atoms with E-state index >= 15 is 0 Å². The number of aromatic amines is 1. The van der Waals surface area contributed by atoms with E-state index in [0.717, 1.165) is 54.3 Å². The molecule has 2 N–H and O–H groups in total. The van der Waals surface area contributed by atoms with Crippen molar-refractivity contribution < 1.29 is 9.53 Å². The lowest BCUT2D eigenvalue weighted by Gasteiger charge is -2.33. The number of rotatable bonds is 6. The molecule has 0 radical (unpaired) electrons. The third-order valence-electron chi connectivity index (χ3n) is 5.21. The number of hydrogen-bond acceptors (Lipinski definition) is 5. The number of nitrogens with one attached hydrogen (secondary N) is 2. The SMILES string of the molecule is COc1ccccc1CC(=O)N[C@H]1CCCN(c2cc(-c3ccncc3)[nH]n2)C1. The molecule has 1 aliphatic heterocycles. The summed E-state index contributed by atoms with van der Waals surface area (Å²) < 4.78 is 5.35. The lowest BCUT2D eigenvalue weighted by Crippen LogP contribution is -2.48. The molecule has 3 aromatic rings. The van der Waals surface area contributed by atoms with E-state index < -0.39 is 0 Å². The van der Waals surface area contributed by atoms with E-state index in [-0.39, 0.29) is 11.9 Å². The second kappa shape index (κ2) is 8.77. The van der Waals surface area contributed by atoms with Gasteiger partial charge < -0.3 is 15.0 Å². The number of hydrogen-bond donors (Lipinski definition) is 2. The van der Waals surface area contributed by atoms with Gasteiger partial charge in [0.1, 0.15) is 5.75 Å². The maximum absolute atomic E-state index is 12.6. The molecule has 1 atom stereocenters. The van der Waals surface area contributed by atoms with E-state index in [1.807, 2.05) is 42.5 Å². The zero-order valence-corrected chi connectivity index (χ0v) is 16.5. The fourth-order valence-corrected chi connectivity index (χ4v) is 3.76. The molecular weight excluding hydrogens is 366 g/mol. The molecule has 7 heteroatoms. The molecule has 2 aromatic heterocycles. The second-order valence-electron chi connectivity index (χ2n) is 7.22. The summed E-state index contributed by atoms with van der Waals surface area (Å²) in [4.78, 5) is 18.8. The Morgan fingerprint density at radius 1 is 1.28 bits per heavy atom. The number of H-pyrrole nitrogens is 1. The third kappa shape index (κ3) is 4.56. The molecular formula is C22H25N5O2. The van der Waals surface area contributed by atoms with Gasteiger partial charge in [0, 0.05) is 48.7 Å². The highest BCUT2D eigenvalue weighted by atomic mass is 16.5. The maximum Gasteiger partial charge on any atom is 0.224 e. The number of aromatic nitrogens is 3. The average molecular weight is 391 g/mol. The summed E-state index contributed by atoms with van der Waals surface area (Å²) in [5.74, 6) is 1.66. The molecule has 4 rings (SSSR count). The van der Waals surface area contributed by atoms with Gasteiger partial charge in [0.2, 0.25) is 5.91 Å². The summed E-state index contributed by atoms with van der Waals surface area (Å²) in [7, 11) is 1.62. The summed E-state index contributed by atoms with van der Waals surface area (Å²) in [5.41, 5.74) is 2.91. The van der Waals surface area contributed by atoms with Crippen LogP contribution in [0, 0.1) is 0 Å². The molecule has 150 valence electrons. The predicted octanol–water partition coefficient (Wildman–Crippen LogP) is 2.81. The van der Waals surface area contributed by atoms with Gasteiger partial charge >= 0.3 is 0 Å². The van der Waals surface area contributed by atoms with E-state index in [1.54, 1.807) is 19.5 Å². The lowest BCUT2D eigenvalue weighted by molar-refractivity contribution is -0.121. The number of amides is 1. The summed E-state index contributed by atoms with van der Waals surface area (Å²) in [6.07, 6.45) is 5.83. The van der Waals surface area contributed by atoms with Crippen molar-refractivity contribution in [3.05, 3.63) is 60.4 Å².